The molecule has 0 amide bonds. The molecule has 0 aromatic carbocycles. The van der Waals surface area contributed by atoms with E-state index in [2.05, 4.69) is 44.7 Å². The average molecular weight is 486 g/mol. The van der Waals surface area contributed by atoms with Crippen molar-refractivity contribution in [2.24, 2.45) is 20.0 Å². The highest BCUT2D eigenvalue weighted by atomic mass is 16.5. The van der Waals surface area contributed by atoms with Crippen LogP contribution in [0.3, 0.4) is 0 Å². The lowest BCUT2D eigenvalue weighted by Crippen LogP contribution is -2.22. The van der Waals surface area contributed by atoms with Crippen LogP contribution in [0.4, 0.5) is 0 Å². The predicted molar refractivity (Wildman–Crippen MR) is 138 cm³/mol. The first-order chi connectivity index (χ1) is 17.4. The first-order valence-electron chi connectivity index (χ1n) is 12.5. The van der Waals surface area contributed by atoms with Crippen molar-refractivity contribution in [2.45, 2.75) is 38.8 Å². The second-order valence-electron chi connectivity index (χ2n) is 9.91. The Morgan fingerprint density at radius 1 is 1.17 bits per heavy atom. The third-order valence-electron chi connectivity index (χ3n) is 7.38. The molecule has 6 rings (SSSR count). The number of ether oxygens (including phenoxy) is 1. The fourth-order valence-electron chi connectivity index (χ4n) is 5.77. The highest BCUT2D eigenvalue weighted by Gasteiger charge is 2.33. The summed E-state index contributed by atoms with van der Waals surface area (Å²) >= 11 is 0. The first kappa shape index (κ1) is 22.9. The molecule has 9 nitrogen and oxygen atoms in total. The van der Waals surface area contributed by atoms with Crippen molar-refractivity contribution in [1.29, 1.82) is 0 Å². The third-order valence-corrected chi connectivity index (χ3v) is 7.38. The fourth-order valence-corrected chi connectivity index (χ4v) is 5.77. The SMILES string of the molecule is Cc1nnn(C)c1-c1cnc2c3c(cc(CC(C)O)n3C)n(C(c3ccccn3)C3CCOC3)c2c1. The fraction of sp³-hybridized carbons (Fsp3) is 0.407. The van der Waals surface area contributed by atoms with Gasteiger partial charge in [0, 0.05) is 56.7 Å². The number of hydrogen-bond donors (Lipinski definition) is 1. The Labute approximate surface area is 209 Å². The van der Waals surface area contributed by atoms with Gasteiger partial charge in [0.2, 0.25) is 0 Å². The highest BCUT2D eigenvalue weighted by Crippen LogP contribution is 2.41. The predicted octanol–water partition coefficient (Wildman–Crippen LogP) is 3.58. The maximum atomic E-state index is 10.2. The van der Waals surface area contributed by atoms with E-state index in [0.717, 1.165) is 63.4 Å². The van der Waals surface area contributed by atoms with Crippen molar-refractivity contribution >= 4 is 22.1 Å². The molecule has 1 saturated heterocycles. The number of rotatable bonds is 6. The molecule has 5 aromatic heterocycles. The molecule has 3 atom stereocenters. The van der Waals surface area contributed by atoms with Gasteiger partial charge >= 0.3 is 0 Å². The van der Waals surface area contributed by atoms with Crippen molar-refractivity contribution in [3.8, 4) is 11.3 Å². The molecular weight excluding hydrogens is 454 g/mol. The molecule has 186 valence electrons. The molecule has 0 radical (unpaired) electrons. The maximum Gasteiger partial charge on any atom is 0.112 e. The summed E-state index contributed by atoms with van der Waals surface area (Å²) in [6, 6.07) is 10.5. The van der Waals surface area contributed by atoms with Crippen LogP contribution in [0, 0.1) is 12.8 Å². The van der Waals surface area contributed by atoms with Crippen molar-refractivity contribution in [1.82, 2.24) is 34.1 Å². The topological polar surface area (TPSA) is 95.8 Å². The van der Waals surface area contributed by atoms with Gasteiger partial charge in [-0.05, 0) is 44.5 Å². The van der Waals surface area contributed by atoms with Crippen molar-refractivity contribution in [3.05, 3.63) is 59.8 Å². The minimum Gasteiger partial charge on any atom is -0.393 e. The van der Waals surface area contributed by atoms with Crippen LogP contribution in [0.25, 0.3) is 33.3 Å². The highest BCUT2D eigenvalue weighted by molar-refractivity contribution is 6.05. The molecule has 3 unspecified atom stereocenters. The van der Waals surface area contributed by atoms with Gasteiger partial charge in [-0.3, -0.25) is 9.97 Å². The summed E-state index contributed by atoms with van der Waals surface area (Å²) in [6.07, 6.45) is 4.88. The average Bonchev–Trinajstić information content (AvgIpc) is 3.63. The molecule has 6 heterocycles. The van der Waals surface area contributed by atoms with Gasteiger partial charge in [-0.1, -0.05) is 11.3 Å². The zero-order valence-corrected chi connectivity index (χ0v) is 21.1. The van der Waals surface area contributed by atoms with Crippen LogP contribution < -0.4 is 0 Å². The summed E-state index contributed by atoms with van der Waals surface area (Å²) in [5, 5.41) is 18.6. The van der Waals surface area contributed by atoms with Crippen molar-refractivity contribution in [3.63, 3.8) is 0 Å². The van der Waals surface area contributed by atoms with E-state index in [1.807, 2.05) is 45.4 Å². The van der Waals surface area contributed by atoms with E-state index in [9.17, 15) is 5.11 Å². The van der Waals surface area contributed by atoms with E-state index in [1.165, 1.54) is 0 Å². The Bertz CT molecular complexity index is 1520. The van der Waals surface area contributed by atoms with Crippen LogP contribution in [-0.4, -0.2) is 58.5 Å². The first-order valence-corrected chi connectivity index (χ1v) is 12.5. The molecule has 1 N–H and O–H groups in total. The zero-order valence-electron chi connectivity index (χ0n) is 21.1. The molecule has 5 aromatic rings. The minimum atomic E-state index is -0.433. The summed E-state index contributed by atoms with van der Waals surface area (Å²) in [4.78, 5) is 9.80. The van der Waals surface area contributed by atoms with E-state index in [1.54, 1.807) is 4.68 Å². The Kier molecular flexibility index (Phi) is 5.61. The minimum absolute atomic E-state index is 0.0155. The van der Waals surface area contributed by atoms with Crippen LogP contribution in [-0.2, 0) is 25.3 Å². The number of aryl methyl sites for hydroxylation is 3. The number of aromatic nitrogens is 7. The van der Waals surface area contributed by atoms with Gasteiger partial charge in [-0.25, -0.2) is 4.68 Å². The van der Waals surface area contributed by atoms with Crippen LogP contribution in [0.2, 0.25) is 0 Å². The second-order valence-corrected chi connectivity index (χ2v) is 9.91. The standard InChI is InChI=1S/C27H31N7O2/c1-16(35)11-20-13-23-27(32(20)3)24-22(12-19(14-29-24)25-17(2)30-31-33(25)4)34(23)26(18-8-10-36-15-18)21-7-5-6-9-28-21/h5-7,9,12-14,16,18,26,35H,8,10-11,15H2,1-4H3. The summed E-state index contributed by atoms with van der Waals surface area (Å²) in [5.74, 6) is 0.280. The Morgan fingerprint density at radius 3 is 2.69 bits per heavy atom. The van der Waals surface area contributed by atoms with Crippen molar-refractivity contribution in [2.75, 3.05) is 13.2 Å². The van der Waals surface area contributed by atoms with E-state index >= 15 is 0 Å². The Hall–Kier alpha value is -3.56. The van der Waals surface area contributed by atoms with Crippen LogP contribution in [0.15, 0.2) is 42.7 Å². The second kappa shape index (κ2) is 8.83. The van der Waals surface area contributed by atoms with Gasteiger partial charge < -0.3 is 19.0 Å². The summed E-state index contributed by atoms with van der Waals surface area (Å²) < 4.78 is 12.2. The summed E-state index contributed by atoms with van der Waals surface area (Å²) in [6.45, 7) is 5.23. The smallest absolute Gasteiger partial charge is 0.112 e. The number of fused-ring (bicyclic) bond motifs is 3. The van der Waals surface area contributed by atoms with Crippen LogP contribution in [0.5, 0.6) is 0 Å². The van der Waals surface area contributed by atoms with Gasteiger partial charge in [-0.15, -0.1) is 5.10 Å². The third kappa shape index (κ3) is 3.61. The number of nitrogens with zero attached hydrogens (tertiary/aromatic N) is 7. The Morgan fingerprint density at radius 2 is 2.03 bits per heavy atom. The van der Waals surface area contributed by atoms with Gasteiger partial charge in [0.05, 0.1) is 52.4 Å². The van der Waals surface area contributed by atoms with Gasteiger partial charge in [0.15, 0.2) is 0 Å². The molecule has 1 fully saturated rings. The lowest BCUT2D eigenvalue weighted by molar-refractivity contribution is 0.178. The van der Waals surface area contributed by atoms with Crippen molar-refractivity contribution < 1.29 is 9.84 Å². The normalized spacial score (nSPS) is 17.9. The molecular formula is C27H31N7O2. The van der Waals surface area contributed by atoms with Gasteiger partial charge in [0.25, 0.3) is 0 Å². The van der Waals surface area contributed by atoms with Crippen LogP contribution in [0.1, 0.15) is 36.5 Å². The maximum absolute atomic E-state index is 10.2. The molecule has 36 heavy (non-hydrogen) atoms. The van der Waals surface area contributed by atoms with E-state index < -0.39 is 6.10 Å². The number of aliphatic hydroxyl groups excluding tert-OH is 1. The van der Waals surface area contributed by atoms with E-state index in [-0.39, 0.29) is 12.0 Å². The molecule has 1 aliphatic rings. The van der Waals surface area contributed by atoms with Crippen LogP contribution >= 0.6 is 0 Å². The van der Waals surface area contributed by atoms with E-state index in [4.69, 9.17) is 14.7 Å². The molecule has 0 spiro atoms. The molecule has 0 aliphatic carbocycles. The van der Waals surface area contributed by atoms with Gasteiger partial charge in [-0.2, -0.15) is 0 Å². The Balaban J connectivity index is 1.68. The molecule has 1 aliphatic heterocycles. The lowest BCUT2D eigenvalue weighted by Gasteiger charge is -2.25. The quantitative estimate of drug-likeness (QED) is 0.395. The monoisotopic (exact) mass is 485 g/mol. The van der Waals surface area contributed by atoms with Gasteiger partial charge in [0.1, 0.15) is 5.52 Å². The number of pyridine rings is 2. The lowest BCUT2D eigenvalue weighted by atomic mass is 9.95. The summed E-state index contributed by atoms with van der Waals surface area (Å²) in [7, 11) is 3.97. The molecule has 0 bridgehead atoms. The number of hydrogen-bond acceptors (Lipinski definition) is 6. The molecule has 9 heteroatoms. The zero-order chi connectivity index (χ0) is 25.0. The van der Waals surface area contributed by atoms with E-state index in [0.29, 0.717) is 13.0 Å². The number of aliphatic hydroxyl groups is 1. The largest absolute Gasteiger partial charge is 0.393 e. The summed E-state index contributed by atoms with van der Waals surface area (Å²) in [5.41, 5.74) is 9.01. The molecule has 0 saturated carbocycles.